The Morgan fingerprint density at radius 3 is 2.64 bits per heavy atom. The van der Waals surface area contributed by atoms with Crippen molar-refractivity contribution < 1.29 is 9.53 Å². The van der Waals surface area contributed by atoms with Crippen molar-refractivity contribution in [1.29, 1.82) is 0 Å². The predicted octanol–water partition coefficient (Wildman–Crippen LogP) is 2.39. The molecule has 0 aliphatic rings. The number of benzene rings is 1. The summed E-state index contributed by atoms with van der Waals surface area (Å²) in [5.74, 6) is -0.141. The average Bonchev–Trinajstić information content (AvgIpc) is 2.25. The molecule has 1 aromatic rings. The lowest BCUT2D eigenvalue weighted by molar-refractivity contribution is -0.143. The number of esters is 1. The topological polar surface area (TPSA) is 26.3 Å². The Morgan fingerprint density at radius 2 is 2.00 bits per heavy atom. The third-order valence-electron chi connectivity index (χ3n) is 1.87. The monoisotopic (exact) mass is 191 g/mol. The minimum atomic E-state index is -0.141. The lowest BCUT2D eigenvalue weighted by Crippen LogP contribution is -2.06. The summed E-state index contributed by atoms with van der Waals surface area (Å²) in [6, 6.07) is 9.92. The molecule has 1 rings (SSSR count). The van der Waals surface area contributed by atoms with Crippen molar-refractivity contribution in [2.75, 3.05) is 6.61 Å². The van der Waals surface area contributed by atoms with E-state index in [0.717, 1.165) is 6.42 Å². The van der Waals surface area contributed by atoms with Gasteiger partial charge in [-0.2, -0.15) is 0 Å². The Balaban J connectivity index is 2.24. The van der Waals surface area contributed by atoms with Crippen molar-refractivity contribution in [2.45, 2.75) is 19.3 Å². The molecule has 0 heterocycles. The highest BCUT2D eigenvalue weighted by atomic mass is 16.5. The summed E-state index contributed by atoms with van der Waals surface area (Å²) in [4.78, 5) is 11.1. The Labute approximate surface area is 84.9 Å². The van der Waals surface area contributed by atoms with Gasteiger partial charge in [-0.25, -0.2) is 0 Å². The smallest absolute Gasteiger partial charge is 0.306 e. The summed E-state index contributed by atoms with van der Waals surface area (Å²) in [5.41, 5.74) is 1.17. The first kappa shape index (κ1) is 10.8. The number of carbonyl (C=O) groups excluding carboxylic acids is 1. The molecule has 0 spiro atoms. The molecular formula is C12H15O2. The van der Waals surface area contributed by atoms with E-state index in [2.05, 4.69) is 6.92 Å². The van der Waals surface area contributed by atoms with Crippen molar-refractivity contribution >= 4 is 5.97 Å². The largest absolute Gasteiger partial charge is 0.466 e. The van der Waals surface area contributed by atoms with Gasteiger partial charge >= 0.3 is 5.97 Å². The zero-order valence-corrected chi connectivity index (χ0v) is 8.24. The minimum Gasteiger partial charge on any atom is -0.466 e. The lowest BCUT2D eigenvalue weighted by atomic mass is 10.1. The summed E-state index contributed by atoms with van der Waals surface area (Å²) < 4.78 is 4.91. The van der Waals surface area contributed by atoms with Crippen molar-refractivity contribution in [1.82, 2.24) is 0 Å². The van der Waals surface area contributed by atoms with Crippen LogP contribution in [0.2, 0.25) is 0 Å². The maximum atomic E-state index is 11.1. The SMILES string of the molecule is [CH2]CCOC(=O)CCc1ccccc1. The average molecular weight is 191 g/mol. The molecule has 75 valence electrons. The van der Waals surface area contributed by atoms with Gasteiger partial charge in [-0.1, -0.05) is 30.3 Å². The van der Waals surface area contributed by atoms with Gasteiger partial charge in [-0.15, -0.1) is 0 Å². The van der Waals surface area contributed by atoms with Gasteiger partial charge in [0.25, 0.3) is 0 Å². The molecule has 0 atom stereocenters. The molecule has 0 fully saturated rings. The molecule has 0 aromatic heterocycles. The van der Waals surface area contributed by atoms with Crippen molar-refractivity contribution in [3.63, 3.8) is 0 Å². The molecule has 0 saturated carbocycles. The van der Waals surface area contributed by atoms with Crippen LogP contribution >= 0.6 is 0 Å². The molecule has 2 heteroatoms. The van der Waals surface area contributed by atoms with Gasteiger partial charge < -0.3 is 4.74 Å². The minimum absolute atomic E-state index is 0.141. The molecule has 0 N–H and O–H groups in total. The van der Waals surface area contributed by atoms with Crippen LogP contribution in [0.3, 0.4) is 0 Å². The summed E-state index contributed by atoms with van der Waals surface area (Å²) in [7, 11) is 0. The predicted molar refractivity (Wildman–Crippen MR) is 55.7 cm³/mol. The molecular weight excluding hydrogens is 176 g/mol. The summed E-state index contributed by atoms with van der Waals surface area (Å²) >= 11 is 0. The van der Waals surface area contributed by atoms with E-state index in [4.69, 9.17) is 4.74 Å². The molecule has 0 aliphatic heterocycles. The maximum Gasteiger partial charge on any atom is 0.306 e. The van der Waals surface area contributed by atoms with Crippen LogP contribution in [0.25, 0.3) is 0 Å². The summed E-state index contributed by atoms with van der Waals surface area (Å²) in [5, 5.41) is 0. The van der Waals surface area contributed by atoms with E-state index >= 15 is 0 Å². The third kappa shape index (κ3) is 4.08. The normalized spacial score (nSPS) is 9.79. The first-order chi connectivity index (χ1) is 6.83. The van der Waals surface area contributed by atoms with E-state index < -0.39 is 0 Å². The Morgan fingerprint density at radius 1 is 1.29 bits per heavy atom. The van der Waals surface area contributed by atoms with Crippen LogP contribution in [0.4, 0.5) is 0 Å². The number of hydrogen-bond donors (Lipinski definition) is 0. The molecule has 1 radical (unpaired) electrons. The zero-order valence-electron chi connectivity index (χ0n) is 8.24. The van der Waals surface area contributed by atoms with Crippen molar-refractivity contribution in [3.05, 3.63) is 42.8 Å². The highest BCUT2D eigenvalue weighted by molar-refractivity contribution is 5.69. The van der Waals surface area contributed by atoms with Crippen LogP contribution in [0, 0.1) is 6.92 Å². The van der Waals surface area contributed by atoms with Crippen LogP contribution < -0.4 is 0 Å². The van der Waals surface area contributed by atoms with E-state index in [1.54, 1.807) is 0 Å². The molecule has 1 aromatic carbocycles. The lowest BCUT2D eigenvalue weighted by Gasteiger charge is -2.02. The van der Waals surface area contributed by atoms with Crippen LogP contribution in [-0.4, -0.2) is 12.6 Å². The first-order valence-corrected chi connectivity index (χ1v) is 4.81. The number of hydrogen-bond acceptors (Lipinski definition) is 2. The molecule has 2 nitrogen and oxygen atoms in total. The second-order valence-corrected chi connectivity index (χ2v) is 3.06. The highest BCUT2D eigenvalue weighted by Crippen LogP contribution is 2.03. The summed E-state index contributed by atoms with van der Waals surface area (Å²) in [6.45, 7) is 4.02. The third-order valence-corrected chi connectivity index (χ3v) is 1.87. The van der Waals surface area contributed by atoms with Crippen molar-refractivity contribution in [2.24, 2.45) is 0 Å². The Kier molecular flexibility index (Phi) is 4.76. The molecule has 0 saturated heterocycles. The molecule has 0 unspecified atom stereocenters. The number of ether oxygens (including phenoxy) is 1. The van der Waals surface area contributed by atoms with E-state index in [1.807, 2.05) is 30.3 Å². The van der Waals surface area contributed by atoms with Crippen LogP contribution in [-0.2, 0) is 16.0 Å². The summed E-state index contributed by atoms with van der Waals surface area (Å²) in [6.07, 6.45) is 1.83. The standard InChI is InChI=1S/C12H15O2/c1-2-10-14-12(13)9-8-11-6-4-3-5-7-11/h3-7H,1-2,8-10H2. The maximum absolute atomic E-state index is 11.1. The van der Waals surface area contributed by atoms with E-state index in [1.165, 1.54) is 5.56 Å². The Bertz CT molecular complexity index is 267. The van der Waals surface area contributed by atoms with E-state index in [0.29, 0.717) is 19.4 Å². The van der Waals surface area contributed by atoms with Crippen molar-refractivity contribution in [3.8, 4) is 0 Å². The zero-order chi connectivity index (χ0) is 10.2. The van der Waals surface area contributed by atoms with E-state index in [9.17, 15) is 4.79 Å². The van der Waals surface area contributed by atoms with Gasteiger partial charge in [0.1, 0.15) is 0 Å². The van der Waals surface area contributed by atoms with Gasteiger partial charge in [-0.3, -0.25) is 4.79 Å². The number of rotatable bonds is 5. The second-order valence-electron chi connectivity index (χ2n) is 3.06. The van der Waals surface area contributed by atoms with Gasteiger partial charge in [0.05, 0.1) is 6.61 Å². The quantitative estimate of drug-likeness (QED) is 0.668. The second kappa shape index (κ2) is 6.19. The highest BCUT2D eigenvalue weighted by Gasteiger charge is 2.01. The van der Waals surface area contributed by atoms with Gasteiger partial charge in [0.15, 0.2) is 0 Å². The Hall–Kier alpha value is -1.31. The van der Waals surface area contributed by atoms with Gasteiger partial charge in [0, 0.05) is 6.42 Å². The van der Waals surface area contributed by atoms with Crippen LogP contribution in [0.15, 0.2) is 30.3 Å². The fraction of sp³-hybridized carbons (Fsp3) is 0.333. The van der Waals surface area contributed by atoms with Crippen LogP contribution in [0.1, 0.15) is 18.4 Å². The number of carbonyl (C=O) groups is 1. The molecule has 0 amide bonds. The molecule has 0 aliphatic carbocycles. The van der Waals surface area contributed by atoms with Gasteiger partial charge in [0.2, 0.25) is 0 Å². The first-order valence-electron chi connectivity index (χ1n) is 4.81. The van der Waals surface area contributed by atoms with E-state index in [-0.39, 0.29) is 5.97 Å². The fourth-order valence-electron chi connectivity index (χ4n) is 1.15. The number of aryl methyl sites for hydroxylation is 1. The van der Waals surface area contributed by atoms with Gasteiger partial charge in [-0.05, 0) is 25.3 Å². The van der Waals surface area contributed by atoms with Crippen LogP contribution in [0.5, 0.6) is 0 Å². The molecule has 0 bridgehead atoms. The molecule has 14 heavy (non-hydrogen) atoms. The fourth-order valence-corrected chi connectivity index (χ4v) is 1.15.